The molecule has 2 heterocycles. The predicted molar refractivity (Wildman–Crippen MR) is 150 cm³/mol. The normalized spacial score (nSPS) is 16.3. The third-order valence-corrected chi connectivity index (χ3v) is 7.28. The van der Waals surface area contributed by atoms with Crippen molar-refractivity contribution in [3.05, 3.63) is 95.7 Å². The predicted octanol–water partition coefficient (Wildman–Crippen LogP) is 4.31. The summed E-state index contributed by atoms with van der Waals surface area (Å²) in [7, 11) is 4.73. The summed E-state index contributed by atoms with van der Waals surface area (Å²) in [5.74, 6) is 1.22. The molecule has 206 valence electrons. The van der Waals surface area contributed by atoms with Gasteiger partial charge in [0.15, 0.2) is 11.5 Å². The van der Waals surface area contributed by atoms with Crippen molar-refractivity contribution in [2.75, 3.05) is 21.3 Å². The van der Waals surface area contributed by atoms with Crippen LogP contribution >= 0.6 is 0 Å². The topological polar surface area (TPSA) is 94.9 Å². The summed E-state index contributed by atoms with van der Waals surface area (Å²) in [6.45, 7) is 2.39. The van der Waals surface area contributed by atoms with Gasteiger partial charge >= 0.3 is 0 Å². The molecule has 1 atom stereocenters. The van der Waals surface area contributed by atoms with Crippen molar-refractivity contribution in [2.45, 2.75) is 32.1 Å². The molecule has 1 aliphatic rings. The summed E-state index contributed by atoms with van der Waals surface area (Å²) in [5, 5.41) is 7.75. The highest BCUT2D eigenvalue weighted by atomic mass is 16.5. The van der Waals surface area contributed by atoms with Crippen LogP contribution in [0.25, 0.3) is 11.3 Å². The van der Waals surface area contributed by atoms with Crippen LogP contribution in [-0.4, -0.2) is 53.4 Å². The molecule has 0 saturated carbocycles. The third kappa shape index (κ3) is 4.98. The zero-order valence-electron chi connectivity index (χ0n) is 23.0. The quantitative estimate of drug-likeness (QED) is 0.340. The molecule has 1 N–H and O–H groups in total. The zero-order chi connectivity index (χ0) is 28.3. The molecule has 40 heavy (non-hydrogen) atoms. The summed E-state index contributed by atoms with van der Waals surface area (Å²) in [6, 6.07) is 24.4. The van der Waals surface area contributed by atoms with Crippen molar-refractivity contribution in [1.82, 2.24) is 20.0 Å². The second-order valence-electron chi connectivity index (χ2n) is 9.79. The number of hydrogen-bond donors (Lipinski definition) is 1. The molecule has 2 amide bonds. The van der Waals surface area contributed by atoms with Crippen molar-refractivity contribution in [3.63, 3.8) is 0 Å². The molecule has 0 bridgehead atoms. The van der Waals surface area contributed by atoms with E-state index in [2.05, 4.69) is 5.32 Å². The van der Waals surface area contributed by atoms with Crippen molar-refractivity contribution < 1.29 is 23.8 Å². The Balaban J connectivity index is 1.51. The number of nitrogens with one attached hydrogen (secondary N) is 1. The highest BCUT2D eigenvalue weighted by molar-refractivity contribution is 6.00. The number of para-hydroxylation sites is 1. The Bertz CT molecular complexity index is 1530. The average Bonchev–Trinajstić information content (AvgIpc) is 3.42. The number of rotatable bonds is 9. The molecule has 0 fully saturated rings. The highest BCUT2D eigenvalue weighted by Gasteiger charge is 2.48. The lowest BCUT2D eigenvalue weighted by atomic mass is 9.93. The van der Waals surface area contributed by atoms with E-state index in [-0.39, 0.29) is 31.4 Å². The molecular formula is C31H32N4O5. The van der Waals surface area contributed by atoms with Gasteiger partial charge < -0.3 is 24.4 Å². The van der Waals surface area contributed by atoms with Crippen LogP contribution in [0.5, 0.6) is 17.2 Å². The van der Waals surface area contributed by atoms with Crippen LogP contribution in [0.1, 0.15) is 28.5 Å². The summed E-state index contributed by atoms with van der Waals surface area (Å²) in [6.07, 6.45) is 0. The van der Waals surface area contributed by atoms with E-state index in [0.29, 0.717) is 28.6 Å². The molecule has 0 spiro atoms. The number of amides is 2. The lowest BCUT2D eigenvalue weighted by molar-refractivity contribution is -0.133. The summed E-state index contributed by atoms with van der Waals surface area (Å²) >= 11 is 0. The second kappa shape index (κ2) is 11.1. The molecule has 1 aromatic heterocycles. The van der Waals surface area contributed by atoms with Gasteiger partial charge in [-0.25, -0.2) is 0 Å². The number of methoxy groups -OCH3 is 3. The molecule has 0 saturated heterocycles. The van der Waals surface area contributed by atoms with Gasteiger partial charge in [-0.1, -0.05) is 54.6 Å². The third-order valence-electron chi connectivity index (χ3n) is 7.28. The summed E-state index contributed by atoms with van der Waals surface area (Å²) in [5.41, 5.74) is 2.39. The molecule has 0 aliphatic carbocycles. The van der Waals surface area contributed by atoms with E-state index in [1.165, 1.54) is 0 Å². The molecule has 9 heteroatoms. The number of benzene rings is 3. The monoisotopic (exact) mass is 540 g/mol. The number of ether oxygens (including phenoxy) is 3. The largest absolute Gasteiger partial charge is 0.496 e. The molecule has 9 nitrogen and oxygen atoms in total. The minimum Gasteiger partial charge on any atom is -0.496 e. The zero-order valence-corrected chi connectivity index (χ0v) is 23.0. The summed E-state index contributed by atoms with van der Waals surface area (Å²) < 4.78 is 17.9. The van der Waals surface area contributed by atoms with Gasteiger partial charge in [-0.2, -0.15) is 5.10 Å². The maximum Gasteiger partial charge on any atom is 0.273 e. The molecule has 0 unspecified atom stereocenters. The number of hydrogen-bond acceptors (Lipinski definition) is 6. The fourth-order valence-electron chi connectivity index (χ4n) is 5.02. The first-order chi connectivity index (χ1) is 19.4. The smallest absolute Gasteiger partial charge is 0.273 e. The lowest BCUT2D eigenvalue weighted by Crippen LogP contribution is -2.63. The maximum absolute atomic E-state index is 14.0. The van der Waals surface area contributed by atoms with E-state index in [1.807, 2.05) is 66.7 Å². The average molecular weight is 541 g/mol. The van der Waals surface area contributed by atoms with Crippen molar-refractivity contribution >= 4 is 11.8 Å². The van der Waals surface area contributed by atoms with Crippen LogP contribution in [0.3, 0.4) is 0 Å². The molecule has 5 rings (SSSR count). The van der Waals surface area contributed by atoms with E-state index in [0.717, 1.165) is 16.7 Å². The number of fused-ring (bicyclic) bond motifs is 1. The fraction of sp³-hybridized carbons (Fsp3) is 0.258. The maximum atomic E-state index is 14.0. The Morgan fingerprint density at radius 2 is 1.60 bits per heavy atom. The molecule has 4 aromatic rings. The van der Waals surface area contributed by atoms with E-state index >= 15 is 0 Å². The Morgan fingerprint density at radius 1 is 0.900 bits per heavy atom. The van der Waals surface area contributed by atoms with Gasteiger partial charge in [0, 0.05) is 24.2 Å². The first-order valence-corrected chi connectivity index (χ1v) is 12.9. The first kappa shape index (κ1) is 26.8. The number of aromatic nitrogens is 2. The van der Waals surface area contributed by atoms with E-state index in [9.17, 15) is 9.59 Å². The van der Waals surface area contributed by atoms with Crippen LogP contribution in [0.2, 0.25) is 0 Å². The molecule has 3 aromatic carbocycles. The molecule has 1 aliphatic heterocycles. The Labute approximate surface area is 233 Å². The fourth-order valence-corrected chi connectivity index (χ4v) is 5.02. The number of carbonyl (C=O) groups is 2. The molecule has 0 radical (unpaired) electrons. The van der Waals surface area contributed by atoms with Gasteiger partial charge in [0.05, 0.1) is 33.6 Å². The van der Waals surface area contributed by atoms with Crippen LogP contribution in [0.15, 0.2) is 78.9 Å². The van der Waals surface area contributed by atoms with Gasteiger partial charge in [0.25, 0.3) is 5.91 Å². The van der Waals surface area contributed by atoms with Gasteiger partial charge in [0.2, 0.25) is 5.91 Å². The van der Waals surface area contributed by atoms with Crippen LogP contribution in [-0.2, 0) is 24.4 Å². The highest BCUT2D eigenvalue weighted by Crippen LogP contribution is 2.34. The van der Waals surface area contributed by atoms with Crippen LogP contribution < -0.4 is 19.5 Å². The Kier molecular flexibility index (Phi) is 7.46. The summed E-state index contributed by atoms with van der Waals surface area (Å²) in [4.78, 5) is 29.6. The SMILES string of the molecule is COc1ccccc1CNC(=O)[C@@]1(C)Cn2nc(-c3ccccc3)cc2C(=O)N1Cc1ccc(OC)c(OC)c1. The minimum absolute atomic E-state index is 0.184. The van der Waals surface area contributed by atoms with Gasteiger partial charge in [0.1, 0.15) is 17.0 Å². The van der Waals surface area contributed by atoms with Crippen LogP contribution in [0, 0.1) is 0 Å². The van der Waals surface area contributed by atoms with E-state index in [1.54, 1.807) is 50.0 Å². The second-order valence-corrected chi connectivity index (χ2v) is 9.79. The van der Waals surface area contributed by atoms with Gasteiger partial charge in [-0.05, 0) is 36.8 Å². The standard InChI is InChI=1S/C31H32N4O5/c1-31(30(37)32-18-23-12-8-9-13-26(23)38-2)20-35-25(17-24(33-35)22-10-6-5-7-11-22)29(36)34(31)19-21-14-15-27(39-3)28(16-21)40-4/h5-17H,18-20H2,1-4H3,(H,32,37)/t31-/m1/s1. The molecular weight excluding hydrogens is 508 g/mol. The lowest BCUT2D eigenvalue weighted by Gasteiger charge is -2.43. The van der Waals surface area contributed by atoms with Crippen molar-refractivity contribution in [2.24, 2.45) is 0 Å². The number of nitrogens with zero attached hydrogens (tertiary/aromatic N) is 3. The van der Waals surface area contributed by atoms with Crippen molar-refractivity contribution in [3.8, 4) is 28.5 Å². The Morgan fingerprint density at radius 3 is 2.33 bits per heavy atom. The van der Waals surface area contributed by atoms with Gasteiger partial charge in [-0.15, -0.1) is 0 Å². The number of carbonyl (C=O) groups excluding carboxylic acids is 2. The Hall–Kier alpha value is -4.79. The van der Waals surface area contributed by atoms with Crippen LogP contribution in [0.4, 0.5) is 0 Å². The first-order valence-electron chi connectivity index (χ1n) is 12.9. The minimum atomic E-state index is -1.24. The van der Waals surface area contributed by atoms with Crippen molar-refractivity contribution in [1.29, 1.82) is 0 Å². The van der Waals surface area contributed by atoms with Gasteiger partial charge in [-0.3, -0.25) is 14.3 Å². The van der Waals surface area contributed by atoms with E-state index < -0.39 is 5.54 Å². The van der Waals surface area contributed by atoms with E-state index in [4.69, 9.17) is 19.3 Å².